The molecular formula is C10H11ClO7S. The van der Waals surface area contributed by atoms with Crippen molar-refractivity contribution in [2.24, 2.45) is 0 Å². The van der Waals surface area contributed by atoms with Crippen LogP contribution in [-0.2, 0) is 9.05 Å². The molecule has 0 aliphatic rings. The summed E-state index contributed by atoms with van der Waals surface area (Å²) in [6, 6.07) is 1.09. The Hall–Kier alpha value is -1.67. The first kappa shape index (κ1) is 15.4. The Morgan fingerprint density at radius 1 is 1.16 bits per heavy atom. The van der Waals surface area contributed by atoms with Gasteiger partial charge in [0.2, 0.25) is 0 Å². The number of benzene rings is 1. The summed E-state index contributed by atoms with van der Waals surface area (Å²) >= 11 is 0. The lowest BCUT2D eigenvalue weighted by molar-refractivity contribution is 0.0692. The van der Waals surface area contributed by atoms with E-state index in [9.17, 15) is 13.2 Å². The second kappa shape index (κ2) is 5.54. The summed E-state index contributed by atoms with van der Waals surface area (Å²) in [5.74, 6) is -2.11. The van der Waals surface area contributed by atoms with Gasteiger partial charge in [0.25, 0.3) is 9.05 Å². The fourth-order valence-electron chi connectivity index (χ4n) is 1.53. The molecule has 0 aliphatic heterocycles. The maximum absolute atomic E-state index is 11.6. The van der Waals surface area contributed by atoms with Crippen molar-refractivity contribution in [3.05, 3.63) is 11.6 Å². The average Bonchev–Trinajstić information content (AvgIpc) is 2.34. The normalized spacial score (nSPS) is 10.9. The Balaban J connectivity index is 3.92. The summed E-state index contributed by atoms with van der Waals surface area (Å²) in [6.07, 6.45) is 0. The van der Waals surface area contributed by atoms with Gasteiger partial charge in [-0.2, -0.15) is 0 Å². The predicted molar refractivity (Wildman–Crippen MR) is 66.1 cm³/mol. The summed E-state index contributed by atoms with van der Waals surface area (Å²) in [5.41, 5.74) is -0.403. The van der Waals surface area contributed by atoms with Gasteiger partial charge in [0.05, 0.1) is 21.3 Å². The van der Waals surface area contributed by atoms with Gasteiger partial charge in [-0.1, -0.05) is 0 Å². The van der Waals surface area contributed by atoms with E-state index in [0.717, 1.165) is 13.2 Å². The van der Waals surface area contributed by atoms with Crippen molar-refractivity contribution in [3.63, 3.8) is 0 Å². The van der Waals surface area contributed by atoms with Gasteiger partial charge < -0.3 is 19.3 Å². The molecular weight excluding hydrogens is 300 g/mol. The third kappa shape index (κ3) is 2.85. The molecule has 0 spiro atoms. The first-order valence-electron chi connectivity index (χ1n) is 4.78. The number of methoxy groups -OCH3 is 3. The molecule has 0 atom stereocenters. The molecule has 7 nitrogen and oxygen atoms in total. The molecule has 1 aromatic carbocycles. The maximum atomic E-state index is 11.6. The van der Waals surface area contributed by atoms with Crippen LogP contribution in [0.4, 0.5) is 0 Å². The van der Waals surface area contributed by atoms with Crippen molar-refractivity contribution in [1.82, 2.24) is 0 Å². The molecule has 1 rings (SSSR count). The second-order valence-corrected chi connectivity index (χ2v) is 5.77. The lowest BCUT2D eigenvalue weighted by atomic mass is 10.1. The molecule has 106 valence electrons. The fourth-order valence-corrected chi connectivity index (χ4v) is 2.77. The van der Waals surface area contributed by atoms with E-state index in [2.05, 4.69) is 0 Å². The van der Waals surface area contributed by atoms with E-state index in [1.807, 2.05) is 0 Å². The van der Waals surface area contributed by atoms with Gasteiger partial charge in [-0.15, -0.1) is 0 Å². The zero-order chi connectivity index (χ0) is 14.8. The van der Waals surface area contributed by atoms with Crippen LogP contribution in [0.15, 0.2) is 11.0 Å². The molecule has 0 aromatic heterocycles. The van der Waals surface area contributed by atoms with E-state index < -0.39 is 31.2 Å². The van der Waals surface area contributed by atoms with E-state index in [-0.39, 0.29) is 11.5 Å². The standard InChI is InChI=1S/C10H11ClO7S/c1-16-6-4-5(10(12)13)7(17-2)9(8(6)18-3)19(11,14)15/h4H,1-3H3,(H,12,13). The summed E-state index contributed by atoms with van der Waals surface area (Å²) < 4.78 is 37.8. The molecule has 19 heavy (non-hydrogen) atoms. The SMILES string of the molecule is COc1cc(C(=O)O)c(OC)c(S(=O)(=O)Cl)c1OC. The number of carboxylic acid groups (broad SMARTS) is 1. The minimum absolute atomic E-state index is 0.0834. The number of carbonyl (C=O) groups is 1. The molecule has 0 radical (unpaired) electrons. The van der Waals surface area contributed by atoms with E-state index in [1.54, 1.807) is 0 Å². The Kier molecular flexibility index (Phi) is 4.48. The van der Waals surface area contributed by atoms with Crippen LogP contribution in [0.2, 0.25) is 0 Å². The minimum Gasteiger partial charge on any atom is -0.494 e. The zero-order valence-electron chi connectivity index (χ0n) is 10.3. The Morgan fingerprint density at radius 3 is 2.00 bits per heavy atom. The highest BCUT2D eigenvalue weighted by molar-refractivity contribution is 8.14. The van der Waals surface area contributed by atoms with Crippen molar-refractivity contribution < 1.29 is 32.5 Å². The number of hydrogen-bond acceptors (Lipinski definition) is 6. The summed E-state index contributed by atoms with van der Waals surface area (Å²) in [4.78, 5) is 10.5. The van der Waals surface area contributed by atoms with Gasteiger partial charge in [0.15, 0.2) is 22.1 Å². The van der Waals surface area contributed by atoms with E-state index in [0.29, 0.717) is 0 Å². The monoisotopic (exact) mass is 310 g/mol. The van der Waals surface area contributed by atoms with Crippen LogP contribution in [0.25, 0.3) is 0 Å². The largest absolute Gasteiger partial charge is 0.494 e. The smallest absolute Gasteiger partial charge is 0.339 e. The number of ether oxygens (including phenoxy) is 3. The van der Waals surface area contributed by atoms with Gasteiger partial charge in [0.1, 0.15) is 5.56 Å². The van der Waals surface area contributed by atoms with Crippen LogP contribution < -0.4 is 14.2 Å². The minimum atomic E-state index is -4.30. The maximum Gasteiger partial charge on any atom is 0.339 e. The van der Waals surface area contributed by atoms with Crippen LogP contribution in [0.5, 0.6) is 17.2 Å². The third-order valence-corrected chi connectivity index (χ3v) is 3.58. The molecule has 0 bridgehead atoms. The van der Waals surface area contributed by atoms with Crippen LogP contribution in [0.3, 0.4) is 0 Å². The third-order valence-electron chi connectivity index (χ3n) is 2.26. The van der Waals surface area contributed by atoms with Crippen LogP contribution in [0.1, 0.15) is 10.4 Å². The van der Waals surface area contributed by atoms with Gasteiger partial charge in [0, 0.05) is 16.7 Å². The van der Waals surface area contributed by atoms with Gasteiger partial charge in [-0.25, -0.2) is 13.2 Å². The van der Waals surface area contributed by atoms with Crippen LogP contribution >= 0.6 is 10.7 Å². The average molecular weight is 311 g/mol. The predicted octanol–water partition coefficient (Wildman–Crippen LogP) is 1.34. The first-order valence-corrected chi connectivity index (χ1v) is 7.09. The zero-order valence-corrected chi connectivity index (χ0v) is 11.8. The number of carboxylic acids is 1. The van der Waals surface area contributed by atoms with Crippen LogP contribution in [-0.4, -0.2) is 40.8 Å². The van der Waals surface area contributed by atoms with Crippen molar-refractivity contribution in [2.45, 2.75) is 4.90 Å². The van der Waals surface area contributed by atoms with Gasteiger partial charge >= 0.3 is 5.97 Å². The summed E-state index contributed by atoms with van der Waals surface area (Å²) in [5, 5.41) is 9.06. The fraction of sp³-hybridized carbons (Fsp3) is 0.300. The highest BCUT2D eigenvalue weighted by atomic mass is 35.7. The first-order chi connectivity index (χ1) is 8.77. The molecule has 1 N–H and O–H groups in total. The number of halogens is 1. The highest BCUT2D eigenvalue weighted by Gasteiger charge is 2.31. The molecule has 0 saturated heterocycles. The van der Waals surface area contributed by atoms with Gasteiger partial charge in [-0.3, -0.25) is 0 Å². The van der Waals surface area contributed by atoms with E-state index in [1.165, 1.54) is 14.2 Å². The van der Waals surface area contributed by atoms with E-state index in [4.69, 9.17) is 30.0 Å². The molecule has 0 aliphatic carbocycles. The molecule has 0 unspecified atom stereocenters. The lowest BCUT2D eigenvalue weighted by Gasteiger charge is -2.16. The molecule has 0 amide bonds. The Labute approximate surface area is 114 Å². The summed E-state index contributed by atoms with van der Waals surface area (Å²) in [6.45, 7) is 0. The topological polar surface area (TPSA) is 99.1 Å². The second-order valence-electron chi connectivity index (χ2n) is 3.27. The highest BCUT2D eigenvalue weighted by Crippen LogP contribution is 2.44. The van der Waals surface area contributed by atoms with Crippen molar-refractivity contribution in [1.29, 1.82) is 0 Å². The number of aromatic carboxylic acids is 1. The molecule has 0 heterocycles. The van der Waals surface area contributed by atoms with Crippen molar-refractivity contribution >= 4 is 25.7 Å². The summed E-state index contributed by atoms with van der Waals surface area (Å²) in [7, 11) is 4.56. The van der Waals surface area contributed by atoms with Gasteiger partial charge in [-0.05, 0) is 0 Å². The molecule has 0 fully saturated rings. The number of rotatable bonds is 5. The Bertz CT molecular complexity index is 609. The Morgan fingerprint density at radius 2 is 1.68 bits per heavy atom. The van der Waals surface area contributed by atoms with Crippen molar-refractivity contribution in [2.75, 3.05) is 21.3 Å². The lowest BCUT2D eigenvalue weighted by Crippen LogP contribution is -2.08. The van der Waals surface area contributed by atoms with Crippen LogP contribution in [0, 0.1) is 0 Å². The molecule has 1 aromatic rings. The van der Waals surface area contributed by atoms with Crippen molar-refractivity contribution in [3.8, 4) is 17.2 Å². The molecule has 9 heteroatoms. The van der Waals surface area contributed by atoms with E-state index >= 15 is 0 Å². The number of hydrogen-bond donors (Lipinski definition) is 1. The quantitative estimate of drug-likeness (QED) is 0.819. The molecule has 0 saturated carbocycles.